The van der Waals surface area contributed by atoms with Crippen LogP contribution in [0, 0.1) is 5.92 Å². The molecule has 1 saturated heterocycles. The van der Waals surface area contributed by atoms with E-state index in [1.807, 2.05) is 36.4 Å². The van der Waals surface area contributed by atoms with Gasteiger partial charge in [0.25, 0.3) is 5.91 Å². The molecule has 2 aliphatic rings. The minimum atomic E-state index is -3.37. The highest BCUT2D eigenvalue weighted by atomic mass is 32.2. The molecule has 2 amide bonds. The third kappa shape index (κ3) is 4.94. The molecule has 0 aromatic heterocycles. The highest BCUT2D eigenvalue weighted by molar-refractivity contribution is 7.88. The van der Waals surface area contributed by atoms with E-state index in [0.29, 0.717) is 37.4 Å². The Morgan fingerprint density at radius 1 is 1.06 bits per heavy atom. The number of nitrogens with one attached hydrogen (secondary N) is 1. The molecule has 2 unspecified atom stereocenters. The molecule has 2 aromatic carbocycles. The molecule has 0 saturated carbocycles. The lowest BCUT2D eigenvalue weighted by Crippen LogP contribution is -2.53. The van der Waals surface area contributed by atoms with Crippen LogP contribution < -0.4 is 15.0 Å². The molecule has 170 valence electrons. The topological polar surface area (TPSA) is 96.0 Å². The van der Waals surface area contributed by atoms with Crippen molar-refractivity contribution in [2.24, 2.45) is 5.92 Å². The monoisotopic (exact) mass is 457 g/mol. The van der Waals surface area contributed by atoms with E-state index in [2.05, 4.69) is 5.32 Å². The van der Waals surface area contributed by atoms with Crippen LogP contribution in [0.4, 0.5) is 5.69 Å². The fourth-order valence-corrected chi connectivity index (χ4v) is 5.06. The van der Waals surface area contributed by atoms with Gasteiger partial charge in [-0.15, -0.1) is 0 Å². The predicted octanol–water partition coefficient (Wildman–Crippen LogP) is 1.77. The van der Waals surface area contributed by atoms with Gasteiger partial charge >= 0.3 is 0 Å². The maximum Gasteiger partial charge on any atom is 0.263 e. The summed E-state index contributed by atoms with van der Waals surface area (Å²) < 4.78 is 31.2. The first-order valence-electron chi connectivity index (χ1n) is 10.7. The van der Waals surface area contributed by atoms with Gasteiger partial charge in [0.05, 0.1) is 24.4 Å². The van der Waals surface area contributed by atoms with Gasteiger partial charge in [-0.2, -0.15) is 0 Å². The molecule has 32 heavy (non-hydrogen) atoms. The molecule has 2 atom stereocenters. The van der Waals surface area contributed by atoms with E-state index >= 15 is 0 Å². The summed E-state index contributed by atoms with van der Waals surface area (Å²) in [5, 5.41) is 2.88. The Bertz CT molecular complexity index is 1090. The zero-order valence-corrected chi connectivity index (χ0v) is 18.8. The lowest BCUT2D eigenvalue weighted by Gasteiger charge is -2.38. The number of benzene rings is 2. The number of para-hydroxylation sites is 2. The number of sulfonamides is 1. The molecule has 2 heterocycles. The Morgan fingerprint density at radius 3 is 2.53 bits per heavy atom. The van der Waals surface area contributed by atoms with Gasteiger partial charge in [-0.3, -0.25) is 9.59 Å². The second-order valence-electron chi connectivity index (χ2n) is 8.19. The minimum absolute atomic E-state index is 0.0752. The fourth-order valence-electron chi connectivity index (χ4n) is 4.14. The first kappa shape index (κ1) is 22.3. The van der Waals surface area contributed by atoms with Crippen LogP contribution in [0.25, 0.3) is 0 Å². The van der Waals surface area contributed by atoms with Crippen molar-refractivity contribution in [1.29, 1.82) is 0 Å². The van der Waals surface area contributed by atoms with Crippen molar-refractivity contribution in [3.63, 3.8) is 0 Å². The number of piperidine rings is 1. The minimum Gasteiger partial charge on any atom is -0.477 e. The van der Waals surface area contributed by atoms with Crippen LogP contribution >= 0.6 is 0 Å². The van der Waals surface area contributed by atoms with E-state index in [4.69, 9.17) is 4.74 Å². The van der Waals surface area contributed by atoms with Gasteiger partial charge in [0.2, 0.25) is 15.9 Å². The van der Waals surface area contributed by atoms with Crippen molar-refractivity contribution in [1.82, 2.24) is 9.62 Å². The lowest BCUT2D eigenvalue weighted by molar-refractivity contribution is -0.129. The Labute approximate surface area is 188 Å². The van der Waals surface area contributed by atoms with Crippen molar-refractivity contribution in [2.75, 3.05) is 30.8 Å². The summed E-state index contributed by atoms with van der Waals surface area (Å²) in [6.07, 6.45) is 1.54. The maximum atomic E-state index is 13.5. The summed E-state index contributed by atoms with van der Waals surface area (Å²) in [4.78, 5) is 27.9. The molecule has 0 radical (unpaired) electrons. The second kappa shape index (κ2) is 9.30. The van der Waals surface area contributed by atoms with Crippen LogP contribution in [-0.2, 0) is 26.2 Å². The summed E-state index contributed by atoms with van der Waals surface area (Å²) in [7, 11) is -3.37. The quantitative estimate of drug-likeness (QED) is 0.738. The summed E-state index contributed by atoms with van der Waals surface area (Å²) in [5.41, 5.74) is 1.56. The fraction of sp³-hybridized carbons (Fsp3) is 0.391. The Morgan fingerprint density at radius 2 is 1.78 bits per heavy atom. The van der Waals surface area contributed by atoms with Crippen molar-refractivity contribution < 1.29 is 22.7 Å². The third-order valence-electron chi connectivity index (χ3n) is 5.84. The molecule has 0 aliphatic carbocycles. The lowest BCUT2D eigenvalue weighted by atomic mass is 9.97. The van der Waals surface area contributed by atoms with Crippen LogP contribution in [-0.4, -0.2) is 56.5 Å². The second-order valence-corrected chi connectivity index (χ2v) is 10.2. The van der Waals surface area contributed by atoms with E-state index in [-0.39, 0.29) is 24.9 Å². The molecule has 1 N–H and O–H groups in total. The number of anilines is 1. The number of hydrogen-bond acceptors (Lipinski definition) is 5. The zero-order chi connectivity index (χ0) is 22.7. The number of nitrogens with zero attached hydrogens (tertiary/aromatic N) is 2. The van der Waals surface area contributed by atoms with Crippen molar-refractivity contribution >= 4 is 27.5 Å². The number of ether oxygens (including phenoxy) is 1. The highest BCUT2D eigenvalue weighted by Gasteiger charge is 2.38. The largest absolute Gasteiger partial charge is 0.477 e. The third-order valence-corrected chi connectivity index (χ3v) is 7.11. The maximum absolute atomic E-state index is 13.5. The van der Waals surface area contributed by atoms with E-state index in [1.165, 1.54) is 4.31 Å². The van der Waals surface area contributed by atoms with E-state index in [0.717, 1.165) is 11.8 Å². The standard InChI is InChI=1S/C23H27N3O5S/c1-32(29,30)25-13-7-10-18(15-25)23(28)26-16-21(31-20-12-6-5-11-19(20)26)22(27)24-14-17-8-3-2-4-9-17/h2-6,8-9,11-12,18,21H,7,10,13-16H2,1H3,(H,24,27). The highest BCUT2D eigenvalue weighted by Crippen LogP contribution is 2.35. The normalized spacial score (nSPS) is 21.3. The number of rotatable bonds is 5. The Hall–Kier alpha value is -2.91. The number of fused-ring (bicyclic) bond motifs is 1. The molecule has 1 fully saturated rings. The average Bonchev–Trinajstić information content (AvgIpc) is 2.81. The van der Waals surface area contributed by atoms with Crippen LogP contribution in [0.5, 0.6) is 5.75 Å². The summed E-state index contributed by atoms with van der Waals surface area (Å²) >= 11 is 0. The SMILES string of the molecule is CS(=O)(=O)N1CCCC(C(=O)N2CC(C(=O)NCc3ccccc3)Oc3ccccc32)C1. The first-order chi connectivity index (χ1) is 15.3. The van der Waals surface area contributed by atoms with Gasteiger partial charge in [0, 0.05) is 19.6 Å². The van der Waals surface area contributed by atoms with Crippen LogP contribution in [0.1, 0.15) is 18.4 Å². The molecule has 0 bridgehead atoms. The van der Waals surface area contributed by atoms with Crippen LogP contribution in [0.3, 0.4) is 0 Å². The Balaban J connectivity index is 1.51. The molecule has 8 nitrogen and oxygen atoms in total. The van der Waals surface area contributed by atoms with Crippen molar-refractivity contribution in [3.05, 3.63) is 60.2 Å². The van der Waals surface area contributed by atoms with E-state index in [9.17, 15) is 18.0 Å². The summed E-state index contributed by atoms with van der Waals surface area (Å²) in [5.74, 6) is -0.488. The van der Waals surface area contributed by atoms with Gasteiger partial charge in [-0.25, -0.2) is 12.7 Å². The molecule has 2 aliphatic heterocycles. The van der Waals surface area contributed by atoms with Gasteiger partial charge in [-0.05, 0) is 30.5 Å². The number of carbonyl (C=O) groups excluding carboxylic acids is 2. The average molecular weight is 458 g/mol. The van der Waals surface area contributed by atoms with Gasteiger partial charge in [0.1, 0.15) is 5.75 Å². The first-order valence-corrected chi connectivity index (χ1v) is 12.5. The van der Waals surface area contributed by atoms with Crippen LogP contribution in [0.15, 0.2) is 54.6 Å². The molecule has 9 heteroatoms. The number of carbonyl (C=O) groups is 2. The van der Waals surface area contributed by atoms with Crippen molar-refractivity contribution in [2.45, 2.75) is 25.5 Å². The predicted molar refractivity (Wildman–Crippen MR) is 121 cm³/mol. The van der Waals surface area contributed by atoms with Gasteiger partial charge in [0.15, 0.2) is 6.10 Å². The Kier molecular flexibility index (Phi) is 6.48. The summed E-state index contributed by atoms with van der Waals surface area (Å²) in [6.45, 7) is 1.02. The number of amides is 2. The molecule has 0 spiro atoms. The van der Waals surface area contributed by atoms with E-state index in [1.54, 1.807) is 23.1 Å². The van der Waals surface area contributed by atoms with E-state index < -0.39 is 22.0 Å². The summed E-state index contributed by atoms with van der Waals surface area (Å²) in [6, 6.07) is 16.7. The molecular formula is C23H27N3O5S. The smallest absolute Gasteiger partial charge is 0.263 e. The van der Waals surface area contributed by atoms with Crippen molar-refractivity contribution in [3.8, 4) is 5.75 Å². The number of hydrogen-bond donors (Lipinski definition) is 1. The van der Waals surface area contributed by atoms with Crippen LogP contribution in [0.2, 0.25) is 0 Å². The molecule has 2 aromatic rings. The molecule has 4 rings (SSSR count). The van der Waals surface area contributed by atoms with Gasteiger partial charge in [-0.1, -0.05) is 42.5 Å². The van der Waals surface area contributed by atoms with Gasteiger partial charge < -0.3 is 15.0 Å². The zero-order valence-electron chi connectivity index (χ0n) is 17.9. The molecular weight excluding hydrogens is 430 g/mol.